The predicted molar refractivity (Wildman–Crippen MR) is 81.2 cm³/mol. The summed E-state index contributed by atoms with van der Waals surface area (Å²) in [7, 11) is 0. The van der Waals surface area contributed by atoms with Crippen molar-refractivity contribution < 1.29 is 13.2 Å². The molecule has 0 spiro atoms. The van der Waals surface area contributed by atoms with Crippen LogP contribution in [0.3, 0.4) is 0 Å². The van der Waals surface area contributed by atoms with Gasteiger partial charge in [-0.1, -0.05) is 18.2 Å². The van der Waals surface area contributed by atoms with Gasteiger partial charge in [0.25, 0.3) is 0 Å². The first-order valence-corrected chi connectivity index (χ1v) is 7.79. The number of hydrogen-bond donors (Lipinski definition) is 2. The summed E-state index contributed by atoms with van der Waals surface area (Å²) in [4.78, 5) is 0.945. The van der Waals surface area contributed by atoms with E-state index in [0.29, 0.717) is 5.75 Å². The maximum atomic E-state index is 13.8. The Kier molecular flexibility index (Phi) is 5.69. The molecule has 2 aromatic carbocycles. The second-order valence-electron chi connectivity index (χ2n) is 4.23. The van der Waals surface area contributed by atoms with Crippen LogP contribution < -0.4 is 11.3 Å². The zero-order valence-corrected chi connectivity index (χ0v) is 13.1. The zero-order chi connectivity index (χ0) is 15.4. The van der Waals surface area contributed by atoms with Crippen LogP contribution in [0.4, 0.5) is 13.2 Å². The van der Waals surface area contributed by atoms with Crippen LogP contribution in [0.5, 0.6) is 0 Å². The van der Waals surface area contributed by atoms with Crippen molar-refractivity contribution in [2.24, 2.45) is 5.84 Å². The van der Waals surface area contributed by atoms with E-state index in [2.05, 4.69) is 21.4 Å². The Labute approximate surface area is 133 Å². The molecule has 21 heavy (non-hydrogen) atoms. The number of halogens is 4. The average molecular weight is 377 g/mol. The molecule has 0 aliphatic heterocycles. The minimum Gasteiger partial charge on any atom is -0.271 e. The highest BCUT2D eigenvalue weighted by Crippen LogP contribution is 2.31. The molecule has 0 radical (unpaired) electrons. The number of thioether (sulfide) groups is 1. The summed E-state index contributed by atoms with van der Waals surface area (Å²) in [5.74, 6) is 1.85. The Morgan fingerprint density at radius 2 is 1.81 bits per heavy atom. The van der Waals surface area contributed by atoms with Gasteiger partial charge < -0.3 is 0 Å². The van der Waals surface area contributed by atoms with Crippen molar-refractivity contribution in [2.45, 2.75) is 10.9 Å². The van der Waals surface area contributed by atoms with Crippen LogP contribution >= 0.6 is 27.7 Å². The summed E-state index contributed by atoms with van der Waals surface area (Å²) in [5, 5.41) is 0. The molecule has 0 aliphatic carbocycles. The van der Waals surface area contributed by atoms with E-state index >= 15 is 0 Å². The molecule has 0 saturated carbocycles. The number of nitrogens with one attached hydrogen (secondary N) is 1. The second-order valence-corrected chi connectivity index (χ2v) is 6.14. The predicted octanol–water partition coefficient (Wildman–Crippen LogP) is 4.16. The SMILES string of the molecule is NNC(CSc1ccccc1Br)c1ccc(F)c(F)c1F. The highest BCUT2D eigenvalue weighted by atomic mass is 79.9. The van der Waals surface area contributed by atoms with Crippen LogP contribution in [0.25, 0.3) is 0 Å². The Bertz CT molecular complexity index is 640. The fourth-order valence-corrected chi connectivity index (χ4v) is 3.40. The molecule has 2 nitrogen and oxygen atoms in total. The first-order valence-electron chi connectivity index (χ1n) is 6.01. The third-order valence-corrected chi connectivity index (χ3v) is 5.00. The Morgan fingerprint density at radius 1 is 1.10 bits per heavy atom. The van der Waals surface area contributed by atoms with Crippen molar-refractivity contribution in [1.82, 2.24) is 5.43 Å². The number of hydrogen-bond acceptors (Lipinski definition) is 3. The summed E-state index contributed by atoms with van der Waals surface area (Å²) in [6.07, 6.45) is 0. The maximum Gasteiger partial charge on any atom is 0.194 e. The van der Waals surface area contributed by atoms with Crippen LogP contribution in [-0.4, -0.2) is 5.75 Å². The van der Waals surface area contributed by atoms with Gasteiger partial charge in [0.1, 0.15) is 0 Å². The summed E-state index contributed by atoms with van der Waals surface area (Å²) in [6.45, 7) is 0. The van der Waals surface area contributed by atoms with Gasteiger partial charge in [0.2, 0.25) is 0 Å². The van der Waals surface area contributed by atoms with Crippen molar-refractivity contribution in [3.63, 3.8) is 0 Å². The largest absolute Gasteiger partial charge is 0.271 e. The molecule has 0 heterocycles. The van der Waals surface area contributed by atoms with Crippen molar-refractivity contribution in [3.05, 3.63) is 63.9 Å². The van der Waals surface area contributed by atoms with Crippen molar-refractivity contribution in [2.75, 3.05) is 5.75 Å². The average Bonchev–Trinajstić information content (AvgIpc) is 2.49. The molecular weight excluding hydrogens is 365 g/mol. The summed E-state index contributed by atoms with van der Waals surface area (Å²) in [5.41, 5.74) is 2.43. The number of nitrogens with two attached hydrogens (primary N) is 1. The van der Waals surface area contributed by atoms with Crippen molar-refractivity contribution in [1.29, 1.82) is 0 Å². The van der Waals surface area contributed by atoms with Gasteiger partial charge >= 0.3 is 0 Å². The standard InChI is InChI=1S/C14H12BrF3N2S/c15-9-3-1-2-4-12(9)21-7-11(20-19)8-5-6-10(16)14(18)13(8)17/h1-6,11,20H,7,19H2. The third kappa shape index (κ3) is 3.79. The Hall–Kier alpha value is -1.02. The van der Waals surface area contributed by atoms with E-state index in [1.165, 1.54) is 17.8 Å². The second kappa shape index (κ2) is 7.31. The van der Waals surface area contributed by atoms with E-state index in [-0.39, 0.29) is 5.56 Å². The first kappa shape index (κ1) is 16.4. The lowest BCUT2D eigenvalue weighted by atomic mass is 10.1. The van der Waals surface area contributed by atoms with Gasteiger partial charge in [-0.05, 0) is 34.1 Å². The van der Waals surface area contributed by atoms with Crippen LogP contribution in [0.1, 0.15) is 11.6 Å². The minimum absolute atomic E-state index is 0.00375. The molecule has 0 aliphatic rings. The lowest BCUT2D eigenvalue weighted by Gasteiger charge is -2.17. The van der Waals surface area contributed by atoms with Crippen LogP contribution in [0.2, 0.25) is 0 Å². The summed E-state index contributed by atoms with van der Waals surface area (Å²) < 4.78 is 40.9. The molecule has 2 aromatic rings. The molecule has 0 aromatic heterocycles. The van der Waals surface area contributed by atoms with E-state index in [9.17, 15) is 13.2 Å². The Morgan fingerprint density at radius 3 is 2.48 bits per heavy atom. The van der Waals surface area contributed by atoms with Crippen LogP contribution in [0.15, 0.2) is 45.8 Å². The van der Waals surface area contributed by atoms with Crippen molar-refractivity contribution in [3.8, 4) is 0 Å². The molecule has 0 fully saturated rings. The Balaban J connectivity index is 2.18. The van der Waals surface area contributed by atoms with Crippen molar-refractivity contribution >= 4 is 27.7 Å². The lowest BCUT2D eigenvalue weighted by Crippen LogP contribution is -2.30. The summed E-state index contributed by atoms with van der Waals surface area (Å²) in [6, 6.07) is 8.96. The first-order chi connectivity index (χ1) is 10.0. The number of hydrazine groups is 1. The maximum absolute atomic E-state index is 13.8. The van der Waals surface area contributed by atoms with Crippen LogP contribution in [-0.2, 0) is 0 Å². The minimum atomic E-state index is -1.49. The molecular formula is C14H12BrF3N2S. The quantitative estimate of drug-likeness (QED) is 0.356. The molecule has 0 bridgehead atoms. The number of rotatable bonds is 5. The highest BCUT2D eigenvalue weighted by Gasteiger charge is 2.20. The normalized spacial score (nSPS) is 12.4. The third-order valence-electron chi connectivity index (χ3n) is 2.88. The molecule has 1 atom stereocenters. The van der Waals surface area contributed by atoms with Gasteiger partial charge in [0.15, 0.2) is 17.5 Å². The fraction of sp³-hybridized carbons (Fsp3) is 0.143. The topological polar surface area (TPSA) is 38.0 Å². The van der Waals surface area contributed by atoms with E-state index < -0.39 is 23.5 Å². The van der Waals surface area contributed by atoms with E-state index in [0.717, 1.165) is 15.4 Å². The molecule has 0 saturated heterocycles. The monoisotopic (exact) mass is 376 g/mol. The molecule has 2 rings (SSSR count). The van der Waals surface area contributed by atoms with Crippen LogP contribution in [0, 0.1) is 17.5 Å². The molecule has 1 unspecified atom stereocenters. The van der Waals surface area contributed by atoms with Gasteiger partial charge in [-0.3, -0.25) is 11.3 Å². The molecule has 7 heteroatoms. The number of benzene rings is 2. The van der Waals surface area contributed by atoms with E-state index in [1.54, 1.807) is 0 Å². The molecule has 0 amide bonds. The van der Waals surface area contributed by atoms with Gasteiger partial charge in [0, 0.05) is 20.7 Å². The molecule has 3 N–H and O–H groups in total. The van der Waals surface area contributed by atoms with Gasteiger partial charge in [-0.15, -0.1) is 11.8 Å². The smallest absolute Gasteiger partial charge is 0.194 e. The summed E-state index contributed by atoms with van der Waals surface area (Å²) >= 11 is 4.83. The van der Waals surface area contributed by atoms with E-state index in [4.69, 9.17) is 5.84 Å². The zero-order valence-electron chi connectivity index (χ0n) is 10.7. The van der Waals surface area contributed by atoms with Gasteiger partial charge in [-0.25, -0.2) is 13.2 Å². The van der Waals surface area contributed by atoms with Gasteiger partial charge in [0.05, 0.1) is 6.04 Å². The molecule has 112 valence electrons. The van der Waals surface area contributed by atoms with E-state index in [1.807, 2.05) is 24.3 Å². The van der Waals surface area contributed by atoms with Gasteiger partial charge in [-0.2, -0.15) is 0 Å². The lowest BCUT2D eigenvalue weighted by molar-refractivity contribution is 0.431. The fourth-order valence-electron chi connectivity index (χ4n) is 1.77. The highest BCUT2D eigenvalue weighted by molar-refractivity contribution is 9.10.